The molecule has 1 aliphatic heterocycles. The maximum Gasteiger partial charge on any atom is 0.342 e. The summed E-state index contributed by atoms with van der Waals surface area (Å²) in [7, 11) is -2.70. The van der Waals surface area contributed by atoms with Gasteiger partial charge in [0, 0.05) is 36.9 Å². The maximum absolute atomic E-state index is 13.1. The summed E-state index contributed by atoms with van der Waals surface area (Å²) in [4.78, 5) is 14.2. The Morgan fingerprint density at radius 2 is 1.96 bits per heavy atom. The summed E-state index contributed by atoms with van der Waals surface area (Å²) in [5.74, 6) is -0.711. The lowest BCUT2D eigenvalue weighted by Gasteiger charge is -2.35. The molecule has 0 bridgehead atoms. The van der Waals surface area contributed by atoms with Gasteiger partial charge in [-0.1, -0.05) is 24.6 Å². The van der Waals surface area contributed by atoms with Crippen LogP contribution in [0, 0.1) is 6.92 Å². The third-order valence-corrected chi connectivity index (χ3v) is 6.95. The quantitative estimate of drug-likeness (QED) is 0.736. The van der Waals surface area contributed by atoms with Crippen molar-refractivity contribution in [3.05, 3.63) is 40.0 Å². The first-order chi connectivity index (χ1) is 13.3. The Kier molecular flexibility index (Phi) is 5.97. The first-order valence-electron chi connectivity index (χ1n) is 8.96. The van der Waals surface area contributed by atoms with E-state index in [1.807, 2.05) is 32.0 Å². The van der Waals surface area contributed by atoms with Gasteiger partial charge in [0.1, 0.15) is 5.56 Å². The molecule has 1 fully saturated rings. The number of aromatic amines is 1. The Morgan fingerprint density at radius 1 is 1.29 bits per heavy atom. The van der Waals surface area contributed by atoms with E-state index in [1.165, 1.54) is 11.4 Å². The fraction of sp³-hybridized carbons (Fsp3) is 0.444. The van der Waals surface area contributed by atoms with Crippen LogP contribution in [-0.4, -0.2) is 62.2 Å². The lowest BCUT2D eigenvalue weighted by molar-refractivity contribution is 0.0595. The van der Waals surface area contributed by atoms with Crippen molar-refractivity contribution in [2.75, 3.05) is 38.2 Å². The zero-order chi connectivity index (χ0) is 20.5. The van der Waals surface area contributed by atoms with Gasteiger partial charge in [-0.3, -0.25) is 5.10 Å². The third kappa shape index (κ3) is 3.74. The number of carbonyl (C=O) groups is 1. The molecule has 2 heterocycles. The monoisotopic (exact) mass is 426 g/mol. The fourth-order valence-electron chi connectivity index (χ4n) is 3.33. The van der Waals surface area contributed by atoms with Gasteiger partial charge in [0.25, 0.3) is 10.0 Å². The van der Waals surface area contributed by atoms with Gasteiger partial charge < -0.3 is 9.64 Å². The molecule has 0 amide bonds. The number of piperazine rings is 1. The molecule has 1 aromatic carbocycles. The summed E-state index contributed by atoms with van der Waals surface area (Å²) in [6.45, 7) is 5.39. The molecule has 0 aliphatic carbocycles. The van der Waals surface area contributed by atoms with Gasteiger partial charge in [-0.25, -0.2) is 13.2 Å². The highest BCUT2D eigenvalue weighted by Crippen LogP contribution is 2.27. The van der Waals surface area contributed by atoms with Crippen molar-refractivity contribution in [1.82, 2.24) is 14.5 Å². The third-order valence-electron chi connectivity index (χ3n) is 4.89. The van der Waals surface area contributed by atoms with Crippen molar-refractivity contribution >= 4 is 33.3 Å². The number of carbonyl (C=O) groups excluding carboxylic acids is 1. The molecule has 0 unspecified atom stereocenters. The first kappa shape index (κ1) is 20.6. The number of aryl methyl sites for hydroxylation is 2. The predicted octanol–water partition coefficient (Wildman–Crippen LogP) is 2.23. The molecule has 0 saturated carbocycles. The van der Waals surface area contributed by atoms with Gasteiger partial charge in [0.05, 0.1) is 12.8 Å². The number of anilines is 1. The highest BCUT2D eigenvalue weighted by molar-refractivity contribution is 7.89. The summed E-state index contributed by atoms with van der Waals surface area (Å²) < 4.78 is 32.3. The molecule has 1 aliphatic rings. The topological polar surface area (TPSA) is 95.6 Å². The van der Waals surface area contributed by atoms with E-state index in [0.717, 1.165) is 11.3 Å². The molecule has 8 nitrogen and oxygen atoms in total. The van der Waals surface area contributed by atoms with Crippen molar-refractivity contribution in [3.63, 3.8) is 0 Å². The molecule has 28 heavy (non-hydrogen) atoms. The minimum absolute atomic E-state index is 0.0156. The fourth-order valence-corrected chi connectivity index (χ4v) is 5.01. The smallest absolute Gasteiger partial charge is 0.342 e. The van der Waals surface area contributed by atoms with Crippen molar-refractivity contribution in [1.29, 1.82) is 0 Å². The first-order valence-corrected chi connectivity index (χ1v) is 10.8. The van der Waals surface area contributed by atoms with E-state index < -0.39 is 16.0 Å². The molecule has 0 spiro atoms. The zero-order valence-corrected chi connectivity index (χ0v) is 17.6. The predicted molar refractivity (Wildman–Crippen MR) is 106 cm³/mol. The molecule has 3 rings (SSSR count). The second-order valence-electron chi connectivity index (χ2n) is 6.55. The summed E-state index contributed by atoms with van der Waals surface area (Å²) in [6, 6.07) is 5.66. The number of methoxy groups -OCH3 is 1. The standard InChI is InChI=1S/C18H23ClN4O4S/c1-4-14-16(18(24)27-3)17(21-20-14)28(25,26)23-9-7-22(8-10-23)15-11-13(19)6-5-12(15)2/h5-6,11H,4,7-10H2,1-3H3,(H,20,21). The Morgan fingerprint density at radius 3 is 2.57 bits per heavy atom. The number of aromatic nitrogens is 2. The van der Waals surface area contributed by atoms with Gasteiger partial charge in [0.2, 0.25) is 5.03 Å². The van der Waals surface area contributed by atoms with Gasteiger partial charge >= 0.3 is 5.97 Å². The molecule has 1 N–H and O–H groups in total. The second-order valence-corrected chi connectivity index (χ2v) is 8.84. The molecule has 2 aromatic rings. The van der Waals surface area contributed by atoms with E-state index in [2.05, 4.69) is 15.1 Å². The zero-order valence-electron chi connectivity index (χ0n) is 16.0. The van der Waals surface area contributed by atoms with Crippen LogP contribution < -0.4 is 4.90 Å². The molecule has 1 aromatic heterocycles. The minimum Gasteiger partial charge on any atom is -0.465 e. The number of ether oxygens (including phenoxy) is 1. The normalized spacial score (nSPS) is 15.6. The lowest BCUT2D eigenvalue weighted by Crippen LogP contribution is -2.49. The van der Waals surface area contributed by atoms with Crippen LogP contribution in [0.15, 0.2) is 23.2 Å². The average molecular weight is 427 g/mol. The van der Waals surface area contributed by atoms with Gasteiger partial charge in [-0.2, -0.15) is 9.40 Å². The number of hydrogen-bond acceptors (Lipinski definition) is 6. The van der Waals surface area contributed by atoms with Crippen LogP contribution in [-0.2, 0) is 21.2 Å². The van der Waals surface area contributed by atoms with E-state index in [9.17, 15) is 13.2 Å². The molecule has 0 atom stereocenters. The summed E-state index contributed by atoms with van der Waals surface area (Å²) in [5, 5.41) is 6.94. The minimum atomic E-state index is -3.92. The van der Waals surface area contributed by atoms with Crippen LogP contribution in [0.1, 0.15) is 28.5 Å². The molecular formula is C18H23ClN4O4S. The van der Waals surface area contributed by atoms with E-state index in [0.29, 0.717) is 30.2 Å². The van der Waals surface area contributed by atoms with Gasteiger partial charge in [0.15, 0.2) is 0 Å². The summed E-state index contributed by atoms with van der Waals surface area (Å²) in [6.07, 6.45) is 0.439. The van der Waals surface area contributed by atoms with Crippen molar-refractivity contribution in [2.24, 2.45) is 0 Å². The van der Waals surface area contributed by atoms with Crippen LogP contribution >= 0.6 is 11.6 Å². The number of halogens is 1. The Labute approximate surface area is 169 Å². The molecule has 10 heteroatoms. The largest absolute Gasteiger partial charge is 0.465 e. The van der Waals surface area contributed by atoms with Gasteiger partial charge in [-0.15, -0.1) is 0 Å². The Hall–Kier alpha value is -2.10. The van der Waals surface area contributed by atoms with Gasteiger partial charge in [-0.05, 0) is 31.0 Å². The SMILES string of the molecule is CCc1[nH]nc(S(=O)(=O)N2CCN(c3cc(Cl)ccc3C)CC2)c1C(=O)OC. The van der Waals surface area contributed by atoms with E-state index >= 15 is 0 Å². The number of rotatable bonds is 5. The van der Waals surface area contributed by atoms with E-state index in [1.54, 1.807) is 0 Å². The number of hydrogen-bond donors (Lipinski definition) is 1. The van der Waals surface area contributed by atoms with Crippen LogP contribution in [0.3, 0.4) is 0 Å². The number of esters is 1. The van der Waals surface area contributed by atoms with E-state index in [4.69, 9.17) is 16.3 Å². The number of sulfonamides is 1. The maximum atomic E-state index is 13.1. The van der Waals surface area contributed by atoms with Crippen LogP contribution in [0.2, 0.25) is 5.02 Å². The molecule has 152 valence electrons. The van der Waals surface area contributed by atoms with Crippen LogP contribution in [0.25, 0.3) is 0 Å². The van der Waals surface area contributed by atoms with Crippen LogP contribution in [0.5, 0.6) is 0 Å². The average Bonchev–Trinajstić information content (AvgIpc) is 3.14. The summed E-state index contributed by atoms with van der Waals surface area (Å²) in [5.41, 5.74) is 2.50. The van der Waals surface area contributed by atoms with Crippen LogP contribution in [0.4, 0.5) is 5.69 Å². The van der Waals surface area contributed by atoms with Crippen molar-refractivity contribution < 1.29 is 17.9 Å². The number of H-pyrrole nitrogens is 1. The number of nitrogens with one attached hydrogen (secondary N) is 1. The van der Waals surface area contributed by atoms with Crippen molar-refractivity contribution in [3.8, 4) is 0 Å². The second kappa shape index (κ2) is 8.10. The summed E-state index contributed by atoms with van der Waals surface area (Å²) >= 11 is 6.11. The molecular weight excluding hydrogens is 404 g/mol. The Balaban J connectivity index is 1.83. The van der Waals surface area contributed by atoms with E-state index in [-0.39, 0.29) is 23.7 Å². The molecule has 0 radical (unpaired) electrons. The Bertz CT molecular complexity index is 981. The highest BCUT2D eigenvalue weighted by Gasteiger charge is 2.36. The number of benzene rings is 1. The lowest BCUT2D eigenvalue weighted by atomic mass is 10.1. The highest BCUT2D eigenvalue weighted by atomic mass is 35.5. The number of nitrogens with zero attached hydrogens (tertiary/aromatic N) is 3. The molecule has 1 saturated heterocycles. The van der Waals surface area contributed by atoms with Crippen molar-refractivity contribution in [2.45, 2.75) is 25.3 Å².